The lowest BCUT2D eigenvalue weighted by molar-refractivity contribution is -0.118. The van der Waals surface area contributed by atoms with Crippen molar-refractivity contribution in [3.63, 3.8) is 0 Å². The maximum Gasteiger partial charge on any atom is 0.226 e. The van der Waals surface area contributed by atoms with Gasteiger partial charge >= 0.3 is 0 Å². The summed E-state index contributed by atoms with van der Waals surface area (Å²) in [6.45, 7) is 4.26. The average molecular weight is 224 g/mol. The summed E-state index contributed by atoms with van der Waals surface area (Å²) >= 11 is 0. The lowest BCUT2D eigenvalue weighted by Gasteiger charge is -2.12. The molecular formula is C10H16N4O2. The van der Waals surface area contributed by atoms with Gasteiger partial charge in [-0.1, -0.05) is 0 Å². The van der Waals surface area contributed by atoms with Gasteiger partial charge in [-0.2, -0.15) is 4.98 Å². The van der Waals surface area contributed by atoms with Crippen LogP contribution in [0.3, 0.4) is 0 Å². The second-order valence-corrected chi connectivity index (χ2v) is 3.37. The number of hydrogen-bond acceptors (Lipinski definition) is 5. The molecule has 3 N–H and O–H groups in total. The highest BCUT2D eigenvalue weighted by Gasteiger charge is 2.07. The zero-order chi connectivity index (χ0) is 12.0. The van der Waals surface area contributed by atoms with Gasteiger partial charge in [-0.25, -0.2) is 4.98 Å². The van der Waals surface area contributed by atoms with Crippen LogP contribution in [0.1, 0.15) is 20.3 Å². The third kappa shape index (κ3) is 4.12. The molecule has 0 aromatic carbocycles. The minimum atomic E-state index is -0.360. The van der Waals surface area contributed by atoms with E-state index in [4.69, 9.17) is 10.5 Å². The molecule has 1 aromatic rings. The van der Waals surface area contributed by atoms with Crippen LogP contribution in [0.25, 0.3) is 0 Å². The highest BCUT2D eigenvalue weighted by Crippen LogP contribution is 2.09. The van der Waals surface area contributed by atoms with Gasteiger partial charge in [-0.3, -0.25) is 4.79 Å². The number of rotatable bonds is 6. The average Bonchev–Trinajstić information content (AvgIpc) is 2.17. The van der Waals surface area contributed by atoms with E-state index in [1.54, 1.807) is 12.3 Å². The summed E-state index contributed by atoms with van der Waals surface area (Å²) in [7, 11) is 0. The standard InChI is InChI=1S/C10H16N4O2/c1-3-16-9-4-5-12-10(14-9)13-7(2)6-8(11)15/h4-5,7H,3,6H2,1-2H3,(H2,11,15)(H,12,13,14). The van der Waals surface area contributed by atoms with E-state index in [9.17, 15) is 4.79 Å². The Hall–Kier alpha value is -1.85. The Labute approximate surface area is 94.2 Å². The Morgan fingerprint density at radius 1 is 1.69 bits per heavy atom. The number of hydrogen-bond donors (Lipinski definition) is 2. The van der Waals surface area contributed by atoms with Gasteiger partial charge in [-0.05, 0) is 13.8 Å². The number of anilines is 1. The van der Waals surface area contributed by atoms with Gasteiger partial charge < -0.3 is 15.8 Å². The van der Waals surface area contributed by atoms with Crippen molar-refractivity contribution in [2.75, 3.05) is 11.9 Å². The van der Waals surface area contributed by atoms with E-state index >= 15 is 0 Å². The van der Waals surface area contributed by atoms with E-state index in [1.807, 2.05) is 13.8 Å². The lowest BCUT2D eigenvalue weighted by atomic mass is 10.2. The Kier molecular flexibility index (Phi) is 4.50. The van der Waals surface area contributed by atoms with Crippen LogP contribution < -0.4 is 15.8 Å². The molecular weight excluding hydrogens is 208 g/mol. The predicted molar refractivity (Wildman–Crippen MR) is 60.1 cm³/mol. The molecule has 1 rings (SSSR count). The molecule has 0 fully saturated rings. The molecule has 6 nitrogen and oxygen atoms in total. The summed E-state index contributed by atoms with van der Waals surface area (Å²) in [6.07, 6.45) is 1.83. The van der Waals surface area contributed by atoms with E-state index in [-0.39, 0.29) is 18.4 Å². The Balaban J connectivity index is 2.59. The zero-order valence-electron chi connectivity index (χ0n) is 9.43. The molecule has 0 aliphatic rings. The third-order valence-corrected chi connectivity index (χ3v) is 1.81. The molecule has 0 radical (unpaired) electrons. The molecule has 0 aliphatic heterocycles. The van der Waals surface area contributed by atoms with E-state index in [0.29, 0.717) is 18.4 Å². The number of carbonyl (C=O) groups is 1. The van der Waals surface area contributed by atoms with Gasteiger partial charge in [0, 0.05) is 24.7 Å². The van der Waals surface area contributed by atoms with Crippen LogP contribution in [0.2, 0.25) is 0 Å². The summed E-state index contributed by atoms with van der Waals surface area (Å²) in [6, 6.07) is 1.57. The molecule has 0 spiro atoms. The van der Waals surface area contributed by atoms with Gasteiger partial charge in [0.2, 0.25) is 17.7 Å². The third-order valence-electron chi connectivity index (χ3n) is 1.81. The topological polar surface area (TPSA) is 90.1 Å². The van der Waals surface area contributed by atoms with Crippen molar-refractivity contribution in [3.8, 4) is 5.88 Å². The zero-order valence-corrected chi connectivity index (χ0v) is 9.43. The van der Waals surface area contributed by atoms with Crippen molar-refractivity contribution >= 4 is 11.9 Å². The van der Waals surface area contributed by atoms with Gasteiger partial charge in [0.25, 0.3) is 0 Å². The number of primary amides is 1. The van der Waals surface area contributed by atoms with Crippen LogP contribution in [0.4, 0.5) is 5.95 Å². The van der Waals surface area contributed by atoms with Crippen molar-refractivity contribution in [1.29, 1.82) is 0 Å². The summed E-state index contributed by atoms with van der Waals surface area (Å²) in [5, 5.41) is 2.97. The van der Waals surface area contributed by atoms with Gasteiger partial charge in [0.15, 0.2) is 0 Å². The number of aromatic nitrogens is 2. The largest absolute Gasteiger partial charge is 0.478 e. The molecule has 1 aromatic heterocycles. The fraction of sp³-hybridized carbons (Fsp3) is 0.500. The summed E-state index contributed by atoms with van der Waals surface area (Å²) < 4.78 is 5.23. The molecule has 1 amide bonds. The Morgan fingerprint density at radius 2 is 2.44 bits per heavy atom. The normalized spacial score (nSPS) is 11.9. The van der Waals surface area contributed by atoms with Crippen molar-refractivity contribution in [2.45, 2.75) is 26.3 Å². The number of amides is 1. The van der Waals surface area contributed by atoms with Gasteiger partial charge in [-0.15, -0.1) is 0 Å². The summed E-state index contributed by atoms with van der Waals surface area (Å²) in [5.74, 6) is 0.576. The van der Waals surface area contributed by atoms with Crippen molar-refractivity contribution < 1.29 is 9.53 Å². The molecule has 0 saturated heterocycles. The van der Waals surface area contributed by atoms with E-state index < -0.39 is 0 Å². The fourth-order valence-corrected chi connectivity index (χ4v) is 1.21. The maximum atomic E-state index is 10.7. The second-order valence-electron chi connectivity index (χ2n) is 3.37. The minimum absolute atomic E-state index is 0.102. The van der Waals surface area contributed by atoms with E-state index in [0.717, 1.165) is 0 Å². The van der Waals surface area contributed by atoms with E-state index in [2.05, 4.69) is 15.3 Å². The van der Waals surface area contributed by atoms with Crippen LogP contribution in [0.5, 0.6) is 5.88 Å². The van der Waals surface area contributed by atoms with Crippen molar-refractivity contribution in [2.24, 2.45) is 5.73 Å². The molecule has 16 heavy (non-hydrogen) atoms. The Morgan fingerprint density at radius 3 is 3.06 bits per heavy atom. The van der Waals surface area contributed by atoms with Crippen molar-refractivity contribution in [3.05, 3.63) is 12.3 Å². The van der Waals surface area contributed by atoms with Crippen LogP contribution in [-0.2, 0) is 4.79 Å². The molecule has 0 bridgehead atoms. The SMILES string of the molecule is CCOc1ccnc(NC(C)CC(N)=O)n1. The maximum absolute atomic E-state index is 10.7. The fourth-order valence-electron chi connectivity index (χ4n) is 1.21. The first-order chi connectivity index (χ1) is 7.61. The molecule has 6 heteroatoms. The lowest BCUT2D eigenvalue weighted by Crippen LogP contribution is -2.24. The summed E-state index contributed by atoms with van der Waals surface area (Å²) in [5.41, 5.74) is 5.08. The molecule has 1 unspecified atom stereocenters. The van der Waals surface area contributed by atoms with Crippen LogP contribution >= 0.6 is 0 Å². The summed E-state index contributed by atoms with van der Waals surface area (Å²) in [4.78, 5) is 18.8. The molecule has 1 atom stereocenters. The smallest absolute Gasteiger partial charge is 0.226 e. The van der Waals surface area contributed by atoms with Gasteiger partial charge in [0.1, 0.15) is 0 Å². The number of nitrogens with zero attached hydrogens (tertiary/aromatic N) is 2. The van der Waals surface area contributed by atoms with Gasteiger partial charge in [0.05, 0.1) is 6.61 Å². The number of carbonyl (C=O) groups excluding carboxylic acids is 1. The number of nitrogens with one attached hydrogen (secondary N) is 1. The quantitative estimate of drug-likeness (QED) is 0.736. The predicted octanol–water partition coefficient (Wildman–Crippen LogP) is 0.551. The van der Waals surface area contributed by atoms with Crippen molar-refractivity contribution in [1.82, 2.24) is 9.97 Å². The van der Waals surface area contributed by atoms with E-state index in [1.165, 1.54) is 0 Å². The molecule has 1 heterocycles. The number of nitrogens with two attached hydrogens (primary N) is 1. The number of ether oxygens (including phenoxy) is 1. The van der Waals surface area contributed by atoms with Crippen LogP contribution in [0.15, 0.2) is 12.3 Å². The van der Waals surface area contributed by atoms with Crippen LogP contribution in [0, 0.1) is 0 Å². The monoisotopic (exact) mass is 224 g/mol. The molecule has 0 aliphatic carbocycles. The minimum Gasteiger partial charge on any atom is -0.478 e. The highest BCUT2D eigenvalue weighted by molar-refractivity contribution is 5.74. The Bertz CT molecular complexity index is 356. The molecule has 0 saturated carbocycles. The highest BCUT2D eigenvalue weighted by atomic mass is 16.5. The first-order valence-corrected chi connectivity index (χ1v) is 5.12. The molecule has 88 valence electrons. The first-order valence-electron chi connectivity index (χ1n) is 5.12. The van der Waals surface area contributed by atoms with Crippen LogP contribution in [-0.4, -0.2) is 28.5 Å². The first kappa shape index (κ1) is 12.2. The second kappa shape index (κ2) is 5.89.